The van der Waals surface area contributed by atoms with Gasteiger partial charge < -0.3 is 10.6 Å². The van der Waals surface area contributed by atoms with E-state index >= 15 is 0 Å². The maximum Gasteiger partial charge on any atom is 0.401 e. The highest BCUT2D eigenvalue weighted by atomic mass is 32.1. The van der Waals surface area contributed by atoms with Crippen LogP contribution < -0.4 is 10.6 Å². The highest BCUT2D eigenvalue weighted by Crippen LogP contribution is 2.19. The zero-order valence-corrected chi connectivity index (χ0v) is 13.4. The van der Waals surface area contributed by atoms with Crippen molar-refractivity contribution in [3.05, 3.63) is 16.1 Å². The lowest BCUT2D eigenvalue weighted by molar-refractivity contribution is -0.143. The summed E-state index contributed by atoms with van der Waals surface area (Å²) in [5.41, 5.74) is 0. The zero-order chi connectivity index (χ0) is 16.2. The number of guanidine groups is 1. The number of alkyl halides is 3. The molecule has 1 fully saturated rings. The van der Waals surface area contributed by atoms with Crippen LogP contribution in [0.3, 0.4) is 0 Å². The molecular weight excluding hydrogens is 315 g/mol. The third kappa shape index (κ3) is 5.45. The molecule has 9 heteroatoms. The highest BCUT2D eigenvalue weighted by molar-refractivity contribution is 7.11. The van der Waals surface area contributed by atoms with Crippen molar-refractivity contribution in [3.63, 3.8) is 0 Å². The van der Waals surface area contributed by atoms with Crippen molar-refractivity contribution in [2.75, 3.05) is 26.7 Å². The van der Waals surface area contributed by atoms with Gasteiger partial charge in [-0.15, -0.1) is 11.3 Å². The largest absolute Gasteiger partial charge is 0.401 e. The summed E-state index contributed by atoms with van der Waals surface area (Å²) in [5, 5.41) is 7.33. The monoisotopic (exact) mass is 335 g/mol. The van der Waals surface area contributed by atoms with E-state index in [0.29, 0.717) is 32.0 Å². The fourth-order valence-electron chi connectivity index (χ4n) is 2.39. The minimum atomic E-state index is -4.14. The quantitative estimate of drug-likeness (QED) is 0.650. The van der Waals surface area contributed by atoms with Crippen molar-refractivity contribution in [1.82, 2.24) is 20.5 Å². The lowest BCUT2D eigenvalue weighted by Crippen LogP contribution is -2.44. The minimum absolute atomic E-state index is 0.0169. The zero-order valence-electron chi connectivity index (χ0n) is 12.6. The molecule has 0 aromatic carbocycles. The molecule has 0 aliphatic carbocycles. The number of halogens is 3. The Kier molecular flexibility index (Phi) is 5.63. The molecule has 1 aromatic heterocycles. The Morgan fingerprint density at radius 2 is 2.32 bits per heavy atom. The number of thiazole rings is 1. The number of aryl methyl sites for hydroxylation is 1. The van der Waals surface area contributed by atoms with E-state index in [2.05, 4.69) is 20.6 Å². The van der Waals surface area contributed by atoms with Gasteiger partial charge in [0, 0.05) is 37.3 Å². The van der Waals surface area contributed by atoms with Crippen molar-refractivity contribution in [2.45, 2.75) is 32.1 Å². The van der Waals surface area contributed by atoms with Crippen molar-refractivity contribution in [2.24, 2.45) is 4.99 Å². The lowest BCUT2D eigenvalue weighted by Gasteiger charge is -2.19. The molecule has 2 N–H and O–H groups in total. The van der Waals surface area contributed by atoms with Gasteiger partial charge in [0.2, 0.25) is 0 Å². The fraction of sp³-hybridized carbons (Fsp3) is 0.692. The van der Waals surface area contributed by atoms with E-state index in [4.69, 9.17) is 0 Å². The Morgan fingerprint density at radius 3 is 2.91 bits per heavy atom. The van der Waals surface area contributed by atoms with Gasteiger partial charge in [-0.2, -0.15) is 13.2 Å². The number of likely N-dealkylation sites (tertiary alicyclic amines) is 1. The van der Waals surface area contributed by atoms with E-state index in [9.17, 15) is 13.2 Å². The molecule has 1 unspecified atom stereocenters. The molecule has 1 saturated heterocycles. The first-order valence-electron chi connectivity index (χ1n) is 7.03. The fourth-order valence-corrected chi connectivity index (χ4v) is 3.13. The Hall–Kier alpha value is -1.35. The smallest absolute Gasteiger partial charge is 0.352 e. The first kappa shape index (κ1) is 17.0. The summed E-state index contributed by atoms with van der Waals surface area (Å²) in [7, 11) is 1.65. The second kappa shape index (κ2) is 7.28. The number of aromatic nitrogens is 1. The van der Waals surface area contributed by atoms with Crippen LogP contribution in [0.4, 0.5) is 13.2 Å². The number of nitrogens with zero attached hydrogens (tertiary/aromatic N) is 3. The van der Waals surface area contributed by atoms with Gasteiger partial charge in [-0.1, -0.05) is 0 Å². The molecule has 0 radical (unpaired) electrons. The summed E-state index contributed by atoms with van der Waals surface area (Å²) in [4.78, 5) is 10.8. The first-order chi connectivity index (χ1) is 10.4. The number of hydrogen-bond donors (Lipinski definition) is 2. The Morgan fingerprint density at radius 1 is 1.55 bits per heavy atom. The summed E-state index contributed by atoms with van der Waals surface area (Å²) in [6.45, 7) is 2.51. The van der Waals surface area contributed by atoms with E-state index < -0.39 is 12.7 Å². The maximum atomic E-state index is 12.4. The standard InChI is InChI=1S/C13H20F3N5S/c1-9-18-5-11(22-9)6-19-12(17-2)20-10-3-4-21(7-10)8-13(14,15)16/h5,10H,3-4,6-8H2,1-2H3,(H2,17,19,20). The van der Waals surface area contributed by atoms with Gasteiger partial charge in [0.1, 0.15) is 0 Å². The van der Waals surface area contributed by atoms with Crippen LogP contribution in [-0.2, 0) is 6.54 Å². The van der Waals surface area contributed by atoms with Crippen LogP contribution in [0.25, 0.3) is 0 Å². The SMILES string of the molecule is CN=C(NCc1cnc(C)s1)NC1CCN(CC(F)(F)F)C1. The number of aliphatic imine (C=N–C) groups is 1. The molecule has 1 aliphatic heterocycles. The molecule has 1 aliphatic rings. The van der Waals surface area contributed by atoms with E-state index in [1.54, 1.807) is 24.6 Å². The van der Waals surface area contributed by atoms with Gasteiger partial charge in [0.15, 0.2) is 5.96 Å². The second-order valence-electron chi connectivity index (χ2n) is 5.25. The first-order valence-corrected chi connectivity index (χ1v) is 7.85. The molecule has 1 aromatic rings. The van der Waals surface area contributed by atoms with Crippen LogP contribution in [0.1, 0.15) is 16.3 Å². The number of hydrogen-bond acceptors (Lipinski definition) is 4. The summed E-state index contributed by atoms with van der Waals surface area (Å²) in [5.74, 6) is 0.602. The second-order valence-corrected chi connectivity index (χ2v) is 6.57. The minimum Gasteiger partial charge on any atom is -0.352 e. The number of nitrogens with one attached hydrogen (secondary N) is 2. The molecule has 0 saturated carbocycles. The maximum absolute atomic E-state index is 12.4. The van der Waals surface area contributed by atoms with Crippen molar-refractivity contribution in [3.8, 4) is 0 Å². The Bertz CT molecular complexity index is 514. The van der Waals surface area contributed by atoms with E-state index in [0.717, 1.165) is 9.88 Å². The molecule has 2 heterocycles. The average Bonchev–Trinajstić information content (AvgIpc) is 3.02. The van der Waals surface area contributed by atoms with Crippen LogP contribution in [0, 0.1) is 6.92 Å². The molecule has 0 amide bonds. The topological polar surface area (TPSA) is 52.6 Å². The van der Waals surface area contributed by atoms with Gasteiger partial charge in [-0.3, -0.25) is 9.89 Å². The van der Waals surface area contributed by atoms with Gasteiger partial charge >= 0.3 is 6.18 Å². The molecule has 2 rings (SSSR count). The molecule has 1 atom stereocenters. The third-order valence-corrected chi connectivity index (χ3v) is 4.25. The van der Waals surface area contributed by atoms with Crippen molar-refractivity contribution < 1.29 is 13.2 Å². The Labute approximate surface area is 131 Å². The van der Waals surface area contributed by atoms with Gasteiger partial charge in [0.25, 0.3) is 0 Å². The highest BCUT2D eigenvalue weighted by Gasteiger charge is 2.34. The summed E-state index contributed by atoms with van der Waals surface area (Å²) < 4.78 is 37.1. The molecule has 124 valence electrons. The Balaban J connectivity index is 1.77. The van der Waals surface area contributed by atoms with Crippen molar-refractivity contribution >= 4 is 17.3 Å². The van der Waals surface area contributed by atoms with E-state index in [1.165, 1.54) is 4.90 Å². The average molecular weight is 335 g/mol. The predicted molar refractivity (Wildman–Crippen MR) is 81.1 cm³/mol. The third-order valence-electron chi connectivity index (χ3n) is 3.34. The van der Waals surface area contributed by atoms with Gasteiger partial charge in [-0.25, -0.2) is 4.98 Å². The molecule has 0 spiro atoms. The number of rotatable bonds is 4. The van der Waals surface area contributed by atoms with Crippen molar-refractivity contribution in [1.29, 1.82) is 0 Å². The van der Waals surface area contributed by atoms with E-state index in [1.807, 2.05) is 6.92 Å². The molecule has 22 heavy (non-hydrogen) atoms. The van der Waals surface area contributed by atoms with Crippen LogP contribution in [0.15, 0.2) is 11.2 Å². The van der Waals surface area contributed by atoms with E-state index in [-0.39, 0.29) is 6.04 Å². The molecule has 5 nitrogen and oxygen atoms in total. The van der Waals surface area contributed by atoms with Gasteiger partial charge in [0.05, 0.1) is 18.1 Å². The summed E-state index contributed by atoms with van der Waals surface area (Å²) in [6.07, 6.45) is -1.66. The normalized spacial score (nSPS) is 20.4. The van der Waals surface area contributed by atoms with Crippen LogP contribution >= 0.6 is 11.3 Å². The van der Waals surface area contributed by atoms with Gasteiger partial charge in [-0.05, 0) is 13.3 Å². The molecular formula is C13H20F3N5S. The van der Waals surface area contributed by atoms with Crippen LogP contribution in [-0.4, -0.2) is 54.7 Å². The summed E-state index contributed by atoms with van der Waals surface area (Å²) >= 11 is 1.60. The van der Waals surface area contributed by atoms with Crippen LogP contribution in [0.5, 0.6) is 0 Å². The predicted octanol–water partition coefficient (Wildman–Crippen LogP) is 1.75. The lowest BCUT2D eigenvalue weighted by atomic mass is 10.3. The molecule has 0 bridgehead atoms. The van der Waals surface area contributed by atoms with Crippen LogP contribution in [0.2, 0.25) is 0 Å². The summed E-state index contributed by atoms with van der Waals surface area (Å²) in [6, 6.07) is -0.0169.